The topological polar surface area (TPSA) is 65.5 Å². The van der Waals surface area contributed by atoms with Crippen molar-refractivity contribution >= 4 is 11.8 Å². The van der Waals surface area contributed by atoms with E-state index in [1.54, 1.807) is 12.1 Å². The minimum Gasteiger partial charge on any atom is -0.478 e. The predicted molar refractivity (Wildman–Crippen MR) is 79.3 cm³/mol. The highest BCUT2D eigenvalue weighted by atomic mass is 16.4. The van der Waals surface area contributed by atoms with Gasteiger partial charge in [0.1, 0.15) is 11.4 Å². The van der Waals surface area contributed by atoms with Crippen molar-refractivity contribution in [3.05, 3.63) is 23.4 Å². The number of aromatic carboxylic acids is 1. The number of hydrogen-bond acceptors (Lipinski definition) is 4. The summed E-state index contributed by atoms with van der Waals surface area (Å²) in [6, 6.07) is 3.34. The first-order valence-electron chi connectivity index (χ1n) is 7.07. The molecule has 20 heavy (non-hydrogen) atoms. The molecule has 5 heteroatoms. The summed E-state index contributed by atoms with van der Waals surface area (Å²) < 4.78 is 0. The number of carboxylic acid groups (broad SMARTS) is 1. The molecule has 1 aliphatic carbocycles. The van der Waals surface area contributed by atoms with Gasteiger partial charge in [-0.3, -0.25) is 0 Å². The van der Waals surface area contributed by atoms with E-state index < -0.39 is 5.97 Å². The highest BCUT2D eigenvalue weighted by Gasteiger charge is 2.36. The van der Waals surface area contributed by atoms with Gasteiger partial charge in [-0.05, 0) is 46.0 Å². The molecule has 1 saturated carbocycles. The van der Waals surface area contributed by atoms with Crippen LogP contribution in [0.15, 0.2) is 12.1 Å². The lowest BCUT2D eigenvalue weighted by Crippen LogP contribution is -2.47. The van der Waals surface area contributed by atoms with Crippen LogP contribution in [0.3, 0.4) is 0 Å². The lowest BCUT2D eigenvalue weighted by molar-refractivity contribution is 0.0697. The average Bonchev–Trinajstić information content (AvgIpc) is 2.86. The number of aromatic nitrogens is 1. The van der Waals surface area contributed by atoms with Crippen LogP contribution >= 0.6 is 0 Å². The van der Waals surface area contributed by atoms with E-state index in [1.807, 2.05) is 6.92 Å². The van der Waals surface area contributed by atoms with Gasteiger partial charge in [-0.1, -0.05) is 12.8 Å². The average molecular weight is 277 g/mol. The van der Waals surface area contributed by atoms with Crippen LogP contribution in [-0.4, -0.2) is 47.1 Å². The molecule has 110 valence electrons. The molecule has 1 aromatic rings. The van der Waals surface area contributed by atoms with Gasteiger partial charge in [0.15, 0.2) is 0 Å². The van der Waals surface area contributed by atoms with Crippen molar-refractivity contribution < 1.29 is 9.90 Å². The van der Waals surface area contributed by atoms with Gasteiger partial charge in [-0.2, -0.15) is 0 Å². The van der Waals surface area contributed by atoms with Crippen LogP contribution in [0.1, 0.15) is 41.7 Å². The first kappa shape index (κ1) is 14.8. The monoisotopic (exact) mass is 277 g/mol. The predicted octanol–water partition coefficient (Wildman–Crippen LogP) is 2.37. The maximum Gasteiger partial charge on any atom is 0.339 e. The second-order valence-electron chi connectivity index (χ2n) is 5.83. The van der Waals surface area contributed by atoms with Crippen molar-refractivity contribution in [2.75, 3.05) is 26.0 Å². The lowest BCUT2D eigenvalue weighted by atomic mass is 9.96. The van der Waals surface area contributed by atoms with Gasteiger partial charge in [-0.25, -0.2) is 9.78 Å². The van der Waals surface area contributed by atoms with Crippen LogP contribution in [0.25, 0.3) is 0 Å². The van der Waals surface area contributed by atoms with Crippen molar-refractivity contribution in [1.29, 1.82) is 0 Å². The lowest BCUT2D eigenvalue weighted by Gasteiger charge is -2.36. The van der Waals surface area contributed by atoms with Crippen molar-refractivity contribution in [2.24, 2.45) is 0 Å². The summed E-state index contributed by atoms with van der Waals surface area (Å²) in [6.07, 6.45) is 4.74. The quantitative estimate of drug-likeness (QED) is 0.865. The Kier molecular flexibility index (Phi) is 4.28. The van der Waals surface area contributed by atoms with E-state index in [0.717, 1.165) is 25.1 Å². The summed E-state index contributed by atoms with van der Waals surface area (Å²) in [5, 5.41) is 12.5. The maximum atomic E-state index is 11.3. The molecule has 1 heterocycles. The number of nitrogens with one attached hydrogen (secondary N) is 1. The highest BCUT2D eigenvalue weighted by Crippen LogP contribution is 2.34. The molecule has 0 aromatic carbocycles. The van der Waals surface area contributed by atoms with Gasteiger partial charge in [0.05, 0.1) is 0 Å². The molecular weight excluding hydrogens is 254 g/mol. The van der Waals surface area contributed by atoms with E-state index >= 15 is 0 Å². The fraction of sp³-hybridized carbons (Fsp3) is 0.600. The molecule has 0 atom stereocenters. The minimum atomic E-state index is -0.940. The number of likely N-dealkylation sites (N-methyl/N-ethyl adjacent to an activating group) is 1. The third-order valence-electron chi connectivity index (χ3n) is 4.33. The Morgan fingerprint density at radius 1 is 1.40 bits per heavy atom. The molecule has 2 rings (SSSR count). The third-order valence-corrected chi connectivity index (χ3v) is 4.33. The van der Waals surface area contributed by atoms with Crippen LogP contribution in [0, 0.1) is 6.92 Å². The van der Waals surface area contributed by atoms with E-state index in [-0.39, 0.29) is 11.1 Å². The van der Waals surface area contributed by atoms with Gasteiger partial charge in [-0.15, -0.1) is 0 Å². The maximum absolute atomic E-state index is 11.3. The third kappa shape index (κ3) is 2.93. The van der Waals surface area contributed by atoms with Gasteiger partial charge in [0.2, 0.25) is 0 Å². The Balaban J connectivity index is 2.17. The Hall–Kier alpha value is -1.62. The number of rotatable bonds is 5. The van der Waals surface area contributed by atoms with E-state index in [4.69, 9.17) is 0 Å². The first-order valence-corrected chi connectivity index (χ1v) is 7.07. The van der Waals surface area contributed by atoms with Gasteiger partial charge >= 0.3 is 5.97 Å². The van der Waals surface area contributed by atoms with Crippen molar-refractivity contribution in [1.82, 2.24) is 9.88 Å². The Bertz CT molecular complexity index is 494. The first-order chi connectivity index (χ1) is 9.44. The zero-order chi connectivity index (χ0) is 14.8. The number of nitrogens with zero attached hydrogens (tertiary/aromatic N) is 2. The summed E-state index contributed by atoms with van der Waals surface area (Å²) in [5.41, 5.74) is 1.17. The van der Waals surface area contributed by atoms with Crippen LogP contribution < -0.4 is 5.32 Å². The summed E-state index contributed by atoms with van der Waals surface area (Å²) >= 11 is 0. The zero-order valence-corrected chi connectivity index (χ0v) is 12.4. The molecule has 0 saturated heterocycles. The van der Waals surface area contributed by atoms with Gasteiger partial charge in [0, 0.05) is 17.8 Å². The number of hydrogen-bond donors (Lipinski definition) is 2. The number of carbonyl (C=O) groups is 1. The summed E-state index contributed by atoms with van der Waals surface area (Å²) in [6.45, 7) is 2.60. The molecule has 0 unspecified atom stereocenters. The molecule has 1 aliphatic rings. The Morgan fingerprint density at radius 3 is 2.60 bits per heavy atom. The number of anilines is 1. The summed E-state index contributed by atoms with van der Waals surface area (Å²) in [4.78, 5) is 17.8. The van der Waals surface area contributed by atoms with Crippen LogP contribution in [-0.2, 0) is 0 Å². The molecule has 0 radical (unpaired) electrons. The van der Waals surface area contributed by atoms with Crippen molar-refractivity contribution in [3.8, 4) is 0 Å². The fourth-order valence-electron chi connectivity index (χ4n) is 2.93. The molecule has 1 aromatic heterocycles. The smallest absolute Gasteiger partial charge is 0.339 e. The number of carboxylic acids is 1. The van der Waals surface area contributed by atoms with Crippen LogP contribution in [0.2, 0.25) is 0 Å². The molecule has 5 nitrogen and oxygen atoms in total. The zero-order valence-electron chi connectivity index (χ0n) is 12.4. The molecule has 1 fully saturated rings. The van der Waals surface area contributed by atoms with Crippen molar-refractivity contribution in [3.63, 3.8) is 0 Å². The van der Waals surface area contributed by atoms with E-state index in [1.165, 1.54) is 12.8 Å². The standard InChI is InChI=1S/C15H23N3O2/c1-11-6-7-12(14(19)20)13(17-11)16-10-15(18(2)3)8-4-5-9-15/h6-7H,4-5,8-10H2,1-3H3,(H,16,17)(H,19,20). The summed E-state index contributed by atoms with van der Waals surface area (Å²) in [5.74, 6) is -0.462. The van der Waals surface area contributed by atoms with Crippen molar-refractivity contribution in [2.45, 2.75) is 38.1 Å². The van der Waals surface area contributed by atoms with Gasteiger partial charge in [0.25, 0.3) is 0 Å². The Morgan fingerprint density at radius 2 is 2.05 bits per heavy atom. The van der Waals surface area contributed by atoms with Crippen LogP contribution in [0.4, 0.5) is 5.82 Å². The number of pyridine rings is 1. The minimum absolute atomic E-state index is 0.112. The normalized spacial score (nSPS) is 17.4. The molecule has 0 spiro atoms. The van der Waals surface area contributed by atoms with Gasteiger partial charge < -0.3 is 15.3 Å². The SMILES string of the molecule is Cc1ccc(C(=O)O)c(NCC2(N(C)C)CCCC2)n1. The highest BCUT2D eigenvalue weighted by molar-refractivity contribution is 5.93. The second kappa shape index (κ2) is 5.79. The Labute approximate surface area is 120 Å². The summed E-state index contributed by atoms with van der Waals surface area (Å²) in [7, 11) is 4.18. The second-order valence-corrected chi connectivity index (χ2v) is 5.83. The number of aryl methyl sites for hydroxylation is 1. The van der Waals surface area contributed by atoms with E-state index in [2.05, 4.69) is 29.3 Å². The fourth-order valence-corrected chi connectivity index (χ4v) is 2.93. The molecule has 2 N–H and O–H groups in total. The molecule has 0 aliphatic heterocycles. The van der Waals surface area contributed by atoms with E-state index in [9.17, 15) is 9.90 Å². The van der Waals surface area contributed by atoms with E-state index in [0.29, 0.717) is 5.82 Å². The molecule has 0 amide bonds. The van der Waals surface area contributed by atoms with Crippen LogP contribution in [0.5, 0.6) is 0 Å². The molecule has 0 bridgehead atoms. The largest absolute Gasteiger partial charge is 0.478 e. The molecular formula is C15H23N3O2.